The van der Waals surface area contributed by atoms with Crippen LogP contribution in [-0.4, -0.2) is 6.54 Å². The van der Waals surface area contributed by atoms with Gasteiger partial charge in [0, 0.05) is 16.4 Å². The van der Waals surface area contributed by atoms with Crippen LogP contribution in [0.25, 0.3) is 0 Å². The molecule has 1 aliphatic rings. The first kappa shape index (κ1) is 10.1. The summed E-state index contributed by atoms with van der Waals surface area (Å²) in [4.78, 5) is 0. The second kappa shape index (κ2) is 3.28. The van der Waals surface area contributed by atoms with Crippen LogP contribution >= 0.6 is 15.9 Å². The second-order valence-electron chi connectivity index (χ2n) is 3.73. The second-order valence-corrected chi connectivity index (χ2v) is 4.65. The number of nitrogens with two attached hydrogens (primary N) is 1. The third-order valence-corrected chi connectivity index (χ3v) is 3.27. The molecule has 1 aliphatic carbocycles. The Labute approximate surface area is 89.4 Å². The molecule has 1 fully saturated rings. The first-order valence-corrected chi connectivity index (χ1v) is 5.23. The third-order valence-electron chi connectivity index (χ3n) is 2.81. The molecule has 0 unspecified atom stereocenters. The maximum atomic E-state index is 13.5. The van der Waals surface area contributed by atoms with Gasteiger partial charge in [0.1, 0.15) is 0 Å². The van der Waals surface area contributed by atoms with Gasteiger partial charge in [0.05, 0.1) is 0 Å². The lowest BCUT2D eigenvalue weighted by Gasteiger charge is -2.14. The fourth-order valence-electron chi connectivity index (χ4n) is 1.68. The maximum absolute atomic E-state index is 13.5. The molecule has 0 heterocycles. The Morgan fingerprint density at radius 1 is 1.36 bits per heavy atom. The van der Waals surface area contributed by atoms with Crippen molar-refractivity contribution in [2.24, 2.45) is 5.73 Å². The van der Waals surface area contributed by atoms with Crippen LogP contribution in [0, 0.1) is 11.6 Å². The minimum absolute atomic E-state index is 0.311. The van der Waals surface area contributed by atoms with Crippen molar-refractivity contribution in [2.45, 2.75) is 18.3 Å². The van der Waals surface area contributed by atoms with E-state index in [1.165, 1.54) is 0 Å². The van der Waals surface area contributed by atoms with E-state index in [-0.39, 0.29) is 5.41 Å². The molecule has 0 radical (unpaired) electrons. The van der Waals surface area contributed by atoms with Gasteiger partial charge in [-0.2, -0.15) is 0 Å². The Balaban J connectivity index is 2.52. The molecule has 76 valence electrons. The highest BCUT2D eigenvalue weighted by atomic mass is 79.9. The Morgan fingerprint density at radius 3 is 2.50 bits per heavy atom. The average Bonchev–Trinajstić information content (AvgIpc) is 2.92. The molecule has 0 spiro atoms. The molecular weight excluding hydrogens is 252 g/mol. The van der Waals surface area contributed by atoms with Crippen molar-refractivity contribution in [1.82, 2.24) is 0 Å². The fourth-order valence-corrected chi connectivity index (χ4v) is 2.11. The van der Waals surface area contributed by atoms with Gasteiger partial charge in [0.2, 0.25) is 0 Å². The Morgan fingerprint density at radius 2 is 2.00 bits per heavy atom. The van der Waals surface area contributed by atoms with Crippen molar-refractivity contribution in [3.8, 4) is 0 Å². The minimum atomic E-state index is -0.811. The molecule has 0 aromatic heterocycles. The first-order valence-electron chi connectivity index (χ1n) is 4.44. The van der Waals surface area contributed by atoms with Crippen molar-refractivity contribution in [2.75, 3.05) is 6.54 Å². The fraction of sp³-hybridized carbons (Fsp3) is 0.400. The van der Waals surface area contributed by atoms with E-state index < -0.39 is 11.6 Å². The Hall–Kier alpha value is -0.480. The van der Waals surface area contributed by atoms with E-state index in [1.807, 2.05) is 0 Å². The van der Waals surface area contributed by atoms with Gasteiger partial charge in [-0.1, -0.05) is 15.9 Å². The van der Waals surface area contributed by atoms with Crippen molar-refractivity contribution in [3.63, 3.8) is 0 Å². The molecule has 14 heavy (non-hydrogen) atoms. The van der Waals surface area contributed by atoms with Gasteiger partial charge in [-0.15, -0.1) is 0 Å². The number of hydrogen-bond donors (Lipinski definition) is 1. The van der Waals surface area contributed by atoms with E-state index in [0.29, 0.717) is 16.6 Å². The highest BCUT2D eigenvalue weighted by Gasteiger charge is 2.45. The van der Waals surface area contributed by atoms with Crippen LogP contribution in [0.4, 0.5) is 8.78 Å². The van der Waals surface area contributed by atoms with Crippen LogP contribution in [0.5, 0.6) is 0 Å². The quantitative estimate of drug-likeness (QED) is 0.815. The topological polar surface area (TPSA) is 26.0 Å². The molecule has 2 N–H and O–H groups in total. The van der Waals surface area contributed by atoms with Crippen LogP contribution in [0.2, 0.25) is 0 Å². The first-order chi connectivity index (χ1) is 6.59. The molecule has 4 heteroatoms. The van der Waals surface area contributed by atoms with E-state index in [9.17, 15) is 8.78 Å². The monoisotopic (exact) mass is 261 g/mol. The molecular formula is C10H10BrF2N. The lowest BCUT2D eigenvalue weighted by atomic mass is 9.95. The van der Waals surface area contributed by atoms with E-state index >= 15 is 0 Å². The molecule has 2 rings (SSSR count). The van der Waals surface area contributed by atoms with Gasteiger partial charge in [-0.05, 0) is 30.5 Å². The molecule has 1 saturated carbocycles. The summed E-state index contributed by atoms with van der Waals surface area (Å²) in [5.41, 5.74) is 5.66. The Kier molecular flexibility index (Phi) is 2.35. The summed E-state index contributed by atoms with van der Waals surface area (Å²) in [6.07, 6.45) is 1.69. The van der Waals surface area contributed by atoms with Crippen LogP contribution in [-0.2, 0) is 5.41 Å². The van der Waals surface area contributed by atoms with Crippen LogP contribution in [0.15, 0.2) is 16.6 Å². The molecule has 1 aromatic carbocycles. The zero-order valence-electron chi connectivity index (χ0n) is 7.49. The van der Waals surface area contributed by atoms with Gasteiger partial charge < -0.3 is 5.73 Å². The van der Waals surface area contributed by atoms with Crippen molar-refractivity contribution in [3.05, 3.63) is 33.8 Å². The molecule has 0 atom stereocenters. The van der Waals surface area contributed by atoms with E-state index in [1.54, 1.807) is 6.07 Å². The van der Waals surface area contributed by atoms with Gasteiger partial charge in [0.25, 0.3) is 0 Å². The predicted molar refractivity (Wildman–Crippen MR) is 54.0 cm³/mol. The molecule has 1 aromatic rings. The summed E-state index contributed by atoms with van der Waals surface area (Å²) >= 11 is 3.15. The van der Waals surface area contributed by atoms with Gasteiger partial charge in [-0.3, -0.25) is 0 Å². The van der Waals surface area contributed by atoms with Crippen molar-refractivity contribution in [1.29, 1.82) is 0 Å². The summed E-state index contributed by atoms with van der Waals surface area (Å²) in [6, 6.07) is 2.75. The van der Waals surface area contributed by atoms with Gasteiger partial charge in [0.15, 0.2) is 11.6 Å². The molecule has 0 amide bonds. The highest BCUT2D eigenvalue weighted by Crippen LogP contribution is 2.48. The summed E-state index contributed by atoms with van der Waals surface area (Å²) in [7, 11) is 0. The van der Waals surface area contributed by atoms with Gasteiger partial charge in [-0.25, -0.2) is 8.78 Å². The van der Waals surface area contributed by atoms with E-state index in [2.05, 4.69) is 15.9 Å². The zero-order chi connectivity index (χ0) is 10.3. The SMILES string of the molecule is NCC1(c2cc(Br)cc(F)c2F)CC1. The van der Waals surface area contributed by atoms with Crippen molar-refractivity contribution >= 4 is 15.9 Å². The number of hydrogen-bond acceptors (Lipinski definition) is 1. The maximum Gasteiger partial charge on any atom is 0.162 e. The molecule has 0 aliphatic heterocycles. The normalized spacial score (nSPS) is 18.3. The Bertz CT molecular complexity index is 375. The zero-order valence-corrected chi connectivity index (χ0v) is 9.07. The predicted octanol–water partition coefficient (Wildman–Crippen LogP) is 2.72. The standard InChI is InChI=1S/C10H10BrF2N/c11-6-3-7(9(13)8(12)4-6)10(5-14)1-2-10/h3-4H,1-2,5,14H2. The summed E-state index contributed by atoms with van der Waals surface area (Å²) < 4.78 is 27.1. The van der Waals surface area contributed by atoms with E-state index in [4.69, 9.17) is 5.73 Å². The number of rotatable bonds is 2. The van der Waals surface area contributed by atoms with Crippen LogP contribution < -0.4 is 5.73 Å². The summed E-state index contributed by atoms with van der Waals surface area (Å²) in [5, 5.41) is 0. The van der Waals surface area contributed by atoms with Crippen LogP contribution in [0.3, 0.4) is 0 Å². The van der Waals surface area contributed by atoms with E-state index in [0.717, 1.165) is 18.9 Å². The summed E-state index contributed by atoms with van der Waals surface area (Å²) in [5.74, 6) is -1.56. The molecule has 0 saturated heterocycles. The third kappa shape index (κ3) is 1.46. The minimum Gasteiger partial charge on any atom is -0.330 e. The average molecular weight is 262 g/mol. The number of benzene rings is 1. The summed E-state index contributed by atoms with van der Waals surface area (Å²) in [6.45, 7) is 0.375. The number of halogens is 3. The van der Waals surface area contributed by atoms with Crippen LogP contribution in [0.1, 0.15) is 18.4 Å². The lowest BCUT2D eigenvalue weighted by Crippen LogP contribution is -2.21. The molecule has 0 bridgehead atoms. The van der Waals surface area contributed by atoms with Crippen molar-refractivity contribution < 1.29 is 8.78 Å². The lowest BCUT2D eigenvalue weighted by molar-refractivity contribution is 0.484. The van der Waals surface area contributed by atoms with Gasteiger partial charge >= 0.3 is 0 Å². The smallest absolute Gasteiger partial charge is 0.162 e. The molecule has 1 nitrogen and oxygen atoms in total. The highest BCUT2D eigenvalue weighted by molar-refractivity contribution is 9.10. The largest absolute Gasteiger partial charge is 0.330 e.